The Kier molecular flexibility index (Phi) is 2.57. The van der Waals surface area contributed by atoms with Crippen LogP contribution in [0.1, 0.15) is 0 Å². The van der Waals surface area contributed by atoms with Crippen LogP contribution in [0.2, 0.25) is 0 Å². The van der Waals surface area contributed by atoms with Crippen molar-refractivity contribution in [3.63, 3.8) is 0 Å². The number of hydrogen-bond donors (Lipinski definition) is 2. The van der Waals surface area contributed by atoms with E-state index in [-0.39, 0.29) is 5.82 Å². The van der Waals surface area contributed by atoms with Gasteiger partial charge in [0.15, 0.2) is 0 Å². The van der Waals surface area contributed by atoms with Gasteiger partial charge in [0, 0.05) is 5.56 Å². The number of nitro groups is 1. The third-order valence-corrected chi connectivity index (χ3v) is 2.15. The van der Waals surface area contributed by atoms with E-state index in [1.165, 1.54) is 0 Å². The summed E-state index contributed by atoms with van der Waals surface area (Å²) in [5.74, 6) is -0.184. The summed E-state index contributed by atoms with van der Waals surface area (Å²) in [6.07, 6.45) is 0. The predicted octanol–water partition coefficient (Wildman–Crippen LogP) is 0.927. The first kappa shape index (κ1) is 10.8. The lowest BCUT2D eigenvalue weighted by molar-refractivity contribution is -0.385. The standard InChI is InChI=1S/C10H8N4O3/c11-8-7(14(16)17)10(15)13-9(12-8)6-4-2-1-3-5-6/h1-5H,(H3,11,12,13,15). The number of anilines is 1. The molecule has 0 fully saturated rings. The van der Waals surface area contributed by atoms with E-state index >= 15 is 0 Å². The first-order chi connectivity index (χ1) is 8.09. The molecule has 0 atom stereocenters. The highest BCUT2D eigenvalue weighted by Gasteiger charge is 2.20. The molecule has 3 N–H and O–H groups in total. The third kappa shape index (κ3) is 1.98. The Morgan fingerprint density at radius 2 is 1.94 bits per heavy atom. The van der Waals surface area contributed by atoms with Crippen LogP contribution in [0, 0.1) is 10.1 Å². The van der Waals surface area contributed by atoms with E-state index in [0.29, 0.717) is 5.56 Å². The number of hydrogen-bond acceptors (Lipinski definition) is 5. The van der Waals surface area contributed by atoms with Gasteiger partial charge < -0.3 is 10.7 Å². The summed E-state index contributed by atoms with van der Waals surface area (Å²) < 4.78 is 0. The van der Waals surface area contributed by atoms with E-state index in [4.69, 9.17) is 5.73 Å². The molecule has 0 aliphatic heterocycles. The molecule has 0 aliphatic carbocycles. The molecule has 1 heterocycles. The Morgan fingerprint density at radius 3 is 2.47 bits per heavy atom. The lowest BCUT2D eigenvalue weighted by atomic mass is 10.2. The minimum Gasteiger partial charge on any atom is -0.378 e. The van der Waals surface area contributed by atoms with E-state index in [1.807, 2.05) is 0 Å². The molecule has 0 saturated carbocycles. The van der Waals surface area contributed by atoms with Gasteiger partial charge in [-0.05, 0) is 0 Å². The molecule has 1 aromatic heterocycles. The number of H-pyrrole nitrogens is 1. The molecule has 17 heavy (non-hydrogen) atoms. The Balaban J connectivity index is 2.62. The van der Waals surface area contributed by atoms with Crippen molar-refractivity contribution in [3.8, 4) is 11.4 Å². The van der Waals surface area contributed by atoms with Crippen LogP contribution in [-0.2, 0) is 0 Å². The van der Waals surface area contributed by atoms with Crippen molar-refractivity contribution in [3.05, 3.63) is 50.8 Å². The maximum atomic E-state index is 11.5. The quantitative estimate of drug-likeness (QED) is 0.590. The number of benzene rings is 1. The second-order valence-corrected chi connectivity index (χ2v) is 3.27. The molecule has 0 spiro atoms. The monoisotopic (exact) mass is 232 g/mol. The summed E-state index contributed by atoms with van der Waals surface area (Å²) in [5, 5.41) is 10.6. The maximum absolute atomic E-state index is 11.5. The van der Waals surface area contributed by atoms with Gasteiger partial charge in [-0.2, -0.15) is 0 Å². The van der Waals surface area contributed by atoms with E-state index in [0.717, 1.165) is 0 Å². The fourth-order valence-corrected chi connectivity index (χ4v) is 1.39. The number of aromatic amines is 1. The Labute approximate surface area is 95.1 Å². The first-order valence-electron chi connectivity index (χ1n) is 4.69. The van der Waals surface area contributed by atoms with Crippen LogP contribution in [0.3, 0.4) is 0 Å². The van der Waals surface area contributed by atoms with Crippen LogP contribution >= 0.6 is 0 Å². The molecular weight excluding hydrogens is 224 g/mol. The Hall–Kier alpha value is -2.70. The highest BCUT2D eigenvalue weighted by molar-refractivity contribution is 5.60. The summed E-state index contributed by atoms with van der Waals surface area (Å²) in [5.41, 5.74) is 4.43. The normalized spacial score (nSPS) is 10.1. The number of nitrogen functional groups attached to an aromatic ring is 1. The maximum Gasteiger partial charge on any atom is 0.375 e. The molecule has 2 rings (SSSR count). The predicted molar refractivity (Wildman–Crippen MR) is 61.4 cm³/mol. The van der Waals surface area contributed by atoms with Gasteiger partial charge in [-0.15, -0.1) is 0 Å². The van der Waals surface area contributed by atoms with Gasteiger partial charge in [0.25, 0.3) is 0 Å². The second-order valence-electron chi connectivity index (χ2n) is 3.27. The molecule has 0 bridgehead atoms. The zero-order valence-corrected chi connectivity index (χ0v) is 8.58. The molecule has 0 amide bonds. The number of nitrogens with two attached hydrogens (primary N) is 1. The fraction of sp³-hybridized carbons (Fsp3) is 0. The summed E-state index contributed by atoms with van der Waals surface area (Å²) in [4.78, 5) is 27.3. The van der Waals surface area contributed by atoms with Gasteiger partial charge in [0.05, 0.1) is 4.92 Å². The number of aromatic nitrogens is 2. The van der Waals surface area contributed by atoms with Gasteiger partial charge in [0.1, 0.15) is 5.82 Å². The molecule has 7 nitrogen and oxygen atoms in total. The molecule has 0 aliphatic rings. The van der Waals surface area contributed by atoms with Crippen LogP contribution in [0.25, 0.3) is 11.4 Å². The van der Waals surface area contributed by atoms with Crippen molar-refractivity contribution >= 4 is 11.5 Å². The molecule has 0 saturated heterocycles. The lowest BCUT2D eigenvalue weighted by Crippen LogP contribution is -2.16. The Morgan fingerprint density at radius 1 is 1.29 bits per heavy atom. The van der Waals surface area contributed by atoms with Gasteiger partial charge in [-0.1, -0.05) is 30.3 Å². The van der Waals surface area contributed by atoms with Crippen LogP contribution < -0.4 is 11.3 Å². The zero-order valence-electron chi connectivity index (χ0n) is 8.58. The van der Waals surface area contributed by atoms with Crippen molar-refractivity contribution in [2.75, 3.05) is 5.73 Å². The van der Waals surface area contributed by atoms with E-state index in [9.17, 15) is 14.9 Å². The SMILES string of the molecule is Nc1nc(-c2ccccc2)[nH]c(=O)c1[N+](=O)[O-]. The second kappa shape index (κ2) is 4.05. The average Bonchev–Trinajstić information content (AvgIpc) is 2.28. The van der Waals surface area contributed by atoms with Crippen LogP contribution in [-0.4, -0.2) is 14.9 Å². The van der Waals surface area contributed by atoms with Gasteiger partial charge in [-0.3, -0.25) is 14.9 Å². The summed E-state index contributed by atoms with van der Waals surface area (Å²) in [6, 6.07) is 8.74. The lowest BCUT2D eigenvalue weighted by Gasteiger charge is -2.01. The average molecular weight is 232 g/mol. The third-order valence-electron chi connectivity index (χ3n) is 2.15. The van der Waals surface area contributed by atoms with E-state index in [1.54, 1.807) is 30.3 Å². The number of nitrogens with zero attached hydrogens (tertiary/aromatic N) is 2. The van der Waals surface area contributed by atoms with Crippen LogP contribution in [0.15, 0.2) is 35.1 Å². The Bertz CT molecular complexity index is 621. The van der Waals surface area contributed by atoms with Gasteiger partial charge in [-0.25, -0.2) is 4.98 Å². The van der Waals surface area contributed by atoms with Crippen molar-refractivity contribution < 1.29 is 4.92 Å². The smallest absolute Gasteiger partial charge is 0.375 e. The summed E-state index contributed by atoms with van der Waals surface area (Å²) in [7, 11) is 0. The van der Waals surface area contributed by atoms with E-state index < -0.39 is 22.0 Å². The first-order valence-corrected chi connectivity index (χ1v) is 4.69. The summed E-state index contributed by atoms with van der Waals surface area (Å²) in [6.45, 7) is 0. The van der Waals surface area contributed by atoms with Crippen molar-refractivity contribution in [1.29, 1.82) is 0 Å². The largest absolute Gasteiger partial charge is 0.378 e. The highest BCUT2D eigenvalue weighted by Crippen LogP contribution is 2.18. The number of nitrogens with one attached hydrogen (secondary N) is 1. The van der Waals surface area contributed by atoms with Gasteiger partial charge in [0.2, 0.25) is 5.82 Å². The summed E-state index contributed by atoms with van der Waals surface area (Å²) >= 11 is 0. The molecule has 86 valence electrons. The molecular formula is C10H8N4O3. The highest BCUT2D eigenvalue weighted by atomic mass is 16.6. The van der Waals surface area contributed by atoms with Crippen LogP contribution in [0.4, 0.5) is 11.5 Å². The number of rotatable bonds is 2. The molecule has 0 unspecified atom stereocenters. The molecule has 7 heteroatoms. The van der Waals surface area contributed by atoms with E-state index in [2.05, 4.69) is 9.97 Å². The van der Waals surface area contributed by atoms with Crippen LogP contribution in [0.5, 0.6) is 0 Å². The minimum absolute atomic E-state index is 0.207. The molecule has 0 radical (unpaired) electrons. The topological polar surface area (TPSA) is 115 Å². The van der Waals surface area contributed by atoms with Gasteiger partial charge >= 0.3 is 11.2 Å². The fourth-order valence-electron chi connectivity index (χ4n) is 1.39. The van der Waals surface area contributed by atoms with Crippen molar-refractivity contribution in [2.45, 2.75) is 0 Å². The van der Waals surface area contributed by atoms with Crippen molar-refractivity contribution in [1.82, 2.24) is 9.97 Å². The molecule has 1 aromatic carbocycles. The van der Waals surface area contributed by atoms with Crippen molar-refractivity contribution in [2.24, 2.45) is 0 Å². The minimum atomic E-state index is -0.860. The zero-order chi connectivity index (χ0) is 12.4. The molecule has 2 aromatic rings.